The second kappa shape index (κ2) is 26.8. The number of H-pyrrole nitrogens is 3. The lowest BCUT2D eigenvalue weighted by atomic mass is 9.84. The molecule has 4 aromatic carbocycles. The molecule has 1 aliphatic heterocycles. The van der Waals surface area contributed by atoms with Crippen LogP contribution >= 0.6 is 0 Å². The molecule has 14 aromatic rings. The minimum absolute atomic E-state index is 0.0824. The smallest absolute Gasteiger partial charge is 0.318 e. The molecule has 27 heteroatoms. The maximum absolute atomic E-state index is 16.4. The molecule has 0 spiro atoms. The van der Waals surface area contributed by atoms with Crippen molar-refractivity contribution in [3.8, 4) is 67.7 Å². The van der Waals surface area contributed by atoms with E-state index in [0.717, 1.165) is 61.3 Å². The SMILES string of the molecule is CN(C)c1ccc(-c2nc3c(-c4ccc(C5(NC(=O)c6ccc(C(C)(C)C)cc6)CC5CC(C)(C)c5nc(C(=O)NC6(c7ccc(-c8ccnc9[nH]c(-c%10cnn(C)c%10)nc89)cc7)CC6CC(C)(C)OC6CN(C(=O)NC7(c8ccc(-c9ccnc%10[nH]c(-c%11cnn(C)c%11)nc9%10)cc8F)CC7)C6)no5)cc4)ccnc3[nH]2)nc1. The fourth-order valence-electron chi connectivity index (χ4n) is 16.6. The highest BCUT2D eigenvalue weighted by Crippen LogP contribution is 2.59. The molecule has 113 heavy (non-hydrogen) atoms. The van der Waals surface area contributed by atoms with E-state index in [9.17, 15) is 9.59 Å². The van der Waals surface area contributed by atoms with Crippen molar-refractivity contribution < 1.29 is 28.0 Å². The Morgan fingerprint density at radius 2 is 1.11 bits per heavy atom. The lowest BCUT2D eigenvalue weighted by Gasteiger charge is -2.43. The van der Waals surface area contributed by atoms with Crippen molar-refractivity contribution in [1.29, 1.82) is 0 Å². The molecule has 10 aromatic heterocycles. The quantitative estimate of drug-likeness (QED) is 0.0367. The van der Waals surface area contributed by atoms with Gasteiger partial charge in [0.15, 0.2) is 22.8 Å². The summed E-state index contributed by atoms with van der Waals surface area (Å²) >= 11 is 0. The first-order valence-corrected chi connectivity index (χ1v) is 38.2. The molecule has 4 fully saturated rings. The Labute approximate surface area is 650 Å². The Kier molecular flexibility index (Phi) is 17.1. The summed E-state index contributed by atoms with van der Waals surface area (Å²) < 4.78 is 32.9. The van der Waals surface area contributed by atoms with Crippen molar-refractivity contribution in [1.82, 2.24) is 100 Å². The van der Waals surface area contributed by atoms with Crippen LogP contribution in [0.15, 0.2) is 175 Å². The van der Waals surface area contributed by atoms with Gasteiger partial charge in [0.1, 0.15) is 39.7 Å². The fourth-order valence-corrected chi connectivity index (χ4v) is 16.6. The molecule has 1 saturated heterocycles. The molecule has 3 aliphatic carbocycles. The van der Waals surface area contributed by atoms with Crippen LogP contribution in [0.1, 0.15) is 136 Å². The highest BCUT2D eigenvalue weighted by molar-refractivity contribution is 5.97. The predicted octanol–water partition coefficient (Wildman–Crippen LogP) is 14.2. The van der Waals surface area contributed by atoms with Crippen LogP contribution in [0.25, 0.3) is 101 Å². The number of imidazole rings is 3. The number of hydrogen-bond acceptors (Lipinski definition) is 17. The molecule has 0 bridgehead atoms. The number of rotatable bonds is 22. The first kappa shape index (κ1) is 71.9. The van der Waals surface area contributed by atoms with E-state index in [2.05, 4.69) is 123 Å². The van der Waals surface area contributed by atoms with Crippen LogP contribution in [0.3, 0.4) is 0 Å². The summed E-state index contributed by atoms with van der Waals surface area (Å²) in [6, 6.07) is 38.9. The number of ether oxygens (including phenoxy) is 1. The van der Waals surface area contributed by atoms with Crippen molar-refractivity contribution in [2.24, 2.45) is 25.9 Å². The normalized spacial score (nSPS) is 18.7. The topological polar surface area (TPSA) is 315 Å². The van der Waals surface area contributed by atoms with E-state index in [0.29, 0.717) is 125 Å². The largest absolute Gasteiger partial charge is 0.376 e. The van der Waals surface area contributed by atoms with Gasteiger partial charge in [-0.2, -0.15) is 15.2 Å². The average Bonchev–Trinajstić information content (AvgIpc) is 1.08. The molecule has 26 nitrogen and oxygen atoms in total. The summed E-state index contributed by atoms with van der Waals surface area (Å²) in [5.74, 6) is 0.752. The lowest BCUT2D eigenvalue weighted by Crippen LogP contribution is -2.60. The molecule has 11 heterocycles. The monoisotopic (exact) mass is 1510 g/mol. The van der Waals surface area contributed by atoms with E-state index < -0.39 is 39.4 Å². The van der Waals surface area contributed by atoms with Gasteiger partial charge in [-0.25, -0.2) is 39.1 Å². The van der Waals surface area contributed by atoms with E-state index >= 15 is 9.18 Å². The number of anilines is 1. The average molecular weight is 1510 g/mol. The number of aryl methyl sites for hydroxylation is 2. The number of halogens is 1. The summed E-state index contributed by atoms with van der Waals surface area (Å²) in [5.41, 5.74) is 12.0. The van der Waals surface area contributed by atoms with Crippen molar-refractivity contribution in [2.45, 2.75) is 126 Å². The third kappa shape index (κ3) is 13.5. The molecule has 572 valence electrons. The summed E-state index contributed by atoms with van der Waals surface area (Å²) in [6.45, 7) is 15.3. The molecule has 18 rings (SSSR count). The maximum Gasteiger partial charge on any atom is 0.318 e. The Morgan fingerprint density at radius 1 is 0.584 bits per heavy atom. The molecule has 4 aliphatic rings. The third-order valence-corrected chi connectivity index (χ3v) is 23.2. The zero-order chi connectivity index (χ0) is 78.3. The van der Waals surface area contributed by atoms with Gasteiger partial charge >= 0.3 is 6.03 Å². The number of pyridine rings is 4. The summed E-state index contributed by atoms with van der Waals surface area (Å²) in [6.07, 6.45) is 17.4. The number of benzene rings is 4. The van der Waals surface area contributed by atoms with Crippen molar-refractivity contribution >= 4 is 57.0 Å². The number of aromatic nitrogens is 16. The summed E-state index contributed by atoms with van der Waals surface area (Å²) in [5, 5.41) is 23.1. The number of fused-ring (bicyclic) bond motifs is 3. The van der Waals surface area contributed by atoms with E-state index in [4.69, 9.17) is 29.2 Å². The van der Waals surface area contributed by atoms with E-state index in [1.165, 1.54) is 6.07 Å². The van der Waals surface area contributed by atoms with Gasteiger partial charge in [-0.1, -0.05) is 113 Å². The van der Waals surface area contributed by atoms with Crippen LogP contribution in [0.5, 0.6) is 0 Å². The zero-order valence-electron chi connectivity index (χ0n) is 64.7. The van der Waals surface area contributed by atoms with Gasteiger partial charge in [-0.15, -0.1) is 0 Å². The predicted molar refractivity (Wildman–Crippen MR) is 426 cm³/mol. The molecular formula is C86H86FN21O5. The number of carbonyl (C=O) groups is 3. The number of hydrogen-bond donors (Lipinski definition) is 6. The van der Waals surface area contributed by atoms with Gasteiger partial charge in [0, 0.05) is 92.4 Å². The van der Waals surface area contributed by atoms with E-state index in [-0.39, 0.29) is 47.0 Å². The number of nitrogens with zero attached hydrogens (tertiary/aromatic N) is 15. The van der Waals surface area contributed by atoms with Gasteiger partial charge in [-0.05, 0) is 152 Å². The molecular weight excluding hydrogens is 1430 g/mol. The molecule has 4 unspecified atom stereocenters. The van der Waals surface area contributed by atoms with Gasteiger partial charge in [0.05, 0.1) is 76.8 Å². The van der Waals surface area contributed by atoms with Crippen LogP contribution in [0, 0.1) is 17.7 Å². The van der Waals surface area contributed by atoms with Gasteiger partial charge in [0.2, 0.25) is 5.89 Å². The summed E-state index contributed by atoms with van der Waals surface area (Å²) in [7, 11) is 7.65. The van der Waals surface area contributed by atoms with Crippen molar-refractivity contribution in [2.75, 3.05) is 32.1 Å². The number of amides is 4. The number of urea groups is 1. The minimum Gasteiger partial charge on any atom is -0.376 e. The second-order valence-electron chi connectivity index (χ2n) is 33.5. The molecule has 6 N–H and O–H groups in total. The Balaban J connectivity index is 0.572. The number of likely N-dealkylation sites (tertiary alicyclic amines) is 1. The number of aromatic amines is 3. The standard InChI is InChI=1S/C86H86FN21O5/c1-81(2,3)54-19-16-50(17-20-54)77(109)101-85(55-21-12-49(13-22-55)62-29-34-90-75-68(62)96-72(99-75)66-27-25-59(43-91-66)105(8)9)39-57(85)37-82(4,5)79-100-76(104-113-79)78(110)102-86(56-23-14-48(15-24-56)61-28-33-88-73-67(61)94-70(97-73)52-41-92-106(10)44-52)40-58(86)38-83(6,7)112-60-46-108(47-60)80(111)103-84(31-32-84)64-26-18-51(36-65(64)87)63-30-35-89-74-69(63)95-71(98-74)53-42-93-107(11)45-53/h12-30,33-36,41-45,57-58,60H,31-32,37-40,46-47H2,1-11H3,(H,101,109)(H,102,110)(H,103,111)(H,88,94,97)(H,89,95,98)(H,90,96,99). The first-order valence-electron chi connectivity index (χ1n) is 38.2. The van der Waals surface area contributed by atoms with E-state index in [1.807, 2.05) is 152 Å². The molecule has 3 saturated carbocycles. The van der Waals surface area contributed by atoms with Crippen LogP contribution in [0.4, 0.5) is 14.9 Å². The second-order valence-corrected chi connectivity index (χ2v) is 33.5. The minimum atomic E-state index is -0.875. The number of carbonyl (C=O) groups excluding carboxylic acids is 3. The Hall–Kier alpha value is -12.7. The Morgan fingerprint density at radius 3 is 1.61 bits per heavy atom. The maximum atomic E-state index is 16.4. The molecule has 4 amide bonds. The van der Waals surface area contributed by atoms with Crippen molar-refractivity contribution in [3.05, 3.63) is 216 Å². The lowest BCUT2D eigenvalue weighted by molar-refractivity contribution is -0.126. The zero-order valence-corrected chi connectivity index (χ0v) is 64.7. The van der Waals surface area contributed by atoms with Gasteiger partial charge < -0.3 is 50.0 Å². The Bertz CT molecular complexity index is 6040. The number of nitrogens with one attached hydrogen (secondary N) is 6. The van der Waals surface area contributed by atoms with Crippen LogP contribution in [-0.2, 0) is 46.3 Å². The third-order valence-electron chi connectivity index (χ3n) is 23.2. The van der Waals surface area contributed by atoms with Crippen molar-refractivity contribution in [3.63, 3.8) is 0 Å². The van der Waals surface area contributed by atoms with Gasteiger partial charge in [0.25, 0.3) is 17.6 Å². The molecule has 0 radical (unpaired) electrons. The van der Waals surface area contributed by atoms with Crippen LogP contribution in [-0.4, -0.2) is 141 Å². The molecule has 4 atom stereocenters. The van der Waals surface area contributed by atoms with Crippen LogP contribution < -0.4 is 20.9 Å². The van der Waals surface area contributed by atoms with E-state index in [1.54, 1.807) is 51.3 Å². The first-order chi connectivity index (χ1) is 54.2. The fraction of sp³-hybridized carbons (Fsp3) is 0.326. The van der Waals surface area contributed by atoms with Gasteiger partial charge in [-0.3, -0.25) is 23.9 Å². The summed E-state index contributed by atoms with van der Waals surface area (Å²) in [4.78, 5) is 95.5. The van der Waals surface area contributed by atoms with Crippen LogP contribution in [0.2, 0.25) is 0 Å². The highest BCUT2D eigenvalue weighted by Gasteiger charge is 2.60. The highest BCUT2D eigenvalue weighted by atomic mass is 19.1.